The van der Waals surface area contributed by atoms with E-state index in [0.29, 0.717) is 31.3 Å². The molecule has 15 heteroatoms. The lowest BCUT2D eigenvalue weighted by molar-refractivity contribution is -0.146. The number of benzene rings is 2. The van der Waals surface area contributed by atoms with Crippen molar-refractivity contribution in [2.24, 2.45) is 11.0 Å². The van der Waals surface area contributed by atoms with E-state index in [9.17, 15) is 32.7 Å². The van der Waals surface area contributed by atoms with Gasteiger partial charge in [0.15, 0.2) is 0 Å². The summed E-state index contributed by atoms with van der Waals surface area (Å²) in [7, 11) is -4.26. The van der Waals surface area contributed by atoms with Crippen molar-refractivity contribution in [2.45, 2.75) is 75.5 Å². The predicted molar refractivity (Wildman–Crippen MR) is 170 cm³/mol. The molecule has 0 spiro atoms. The van der Waals surface area contributed by atoms with Crippen molar-refractivity contribution < 1.29 is 37.4 Å². The molecule has 1 heterocycles. The topological polar surface area (TPSA) is 187 Å². The summed E-state index contributed by atoms with van der Waals surface area (Å²) in [6.07, 6.45) is 3.16. The molecule has 14 nitrogen and oxygen atoms in total. The minimum Gasteiger partial charge on any atom is -0.480 e. The Labute approximate surface area is 268 Å². The Hall–Kier alpha value is -4.24. The number of rotatable bonds is 13. The standard InChI is InChI=1S/C31H42N6O8S/c1-31(2,3)45-30(42)34-33-20-36-14-6-7-21(18-36)17-32-27(38)16-26(29(41)37(19-28(39)40)24-11-12-24)35-46(43,44)25-13-10-22-8-4-5-9-23(22)15-25/h4-5,8-10,13,15,20-21,24,26,35H,6-7,11-12,14,16-19H2,1-3H3,(H,32,38)(H,34,42)(H,39,40)/t21-,26-/m0/s1. The van der Waals surface area contributed by atoms with Crippen molar-refractivity contribution in [3.8, 4) is 0 Å². The number of ether oxygens (including phenoxy) is 1. The maximum absolute atomic E-state index is 13.6. The number of likely N-dealkylation sites (tertiary alicyclic amines) is 1. The Bertz CT molecular complexity index is 1570. The monoisotopic (exact) mass is 658 g/mol. The fourth-order valence-electron chi connectivity index (χ4n) is 5.24. The minimum atomic E-state index is -4.26. The lowest BCUT2D eigenvalue weighted by atomic mass is 9.98. The van der Waals surface area contributed by atoms with E-state index in [-0.39, 0.29) is 23.4 Å². The van der Waals surface area contributed by atoms with Crippen molar-refractivity contribution in [1.82, 2.24) is 25.3 Å². The third kappa shape index (κ3) is 10.4. The van der Waals surface area contributed by atoms with Crippen molar-refractivity contribution in [1.29, 1.82) is 0 Å². The molecular weight excluding hydrogens is 616 g/mol. The first-order chi connectivity index (χ1) is 21.7. The molecule has 2 aliphatic rings. The lowest BCUT2D eigenvalue weighted by Gasteiger charge is -2.31. The van der Waals surface area contributed by atoms with E-state index in [1.54, 1.807) is 39.0 Å². The van der Waals surface area contributed by atoms with Crippen molar-refractivity contribution in [2.75, 3.05) is 26.2 Å². The number of nitrogens with zero attached hydrogens (tertiary/aromatic N) is 3. The van der Waals surface area contributed by atoms with Crippen LogP contribution in [0, 0.1) is 5.92 Å². The average Bonchev–Trinajstić information content (AvgIpc) is 3.83. The van der Waals surface area contributed by atoms with Crippen LogP contribution < -0.4 is 15.5 Å². The predicted octanol–water partition coefficient (Wildman–Crippen LogP) is 2.25. The van der Waals surface area contributed by atoms with Crippen LogP contribution in [0.15, 0.2) is 52.5 Å². The fourth-order valence-corrected chi connectivity index (χ4v) is 6.46. The van der Waals surface area contributed by atoms with Crippen LogP contribution in [0.3, 0.4) is 0 Å². The minimum absolute atomic E-state index is 0.0316. The molecule has 4 rings (SSSR count). The molecule has 1 aliphatic heterocycles. The van der Waals surface area contributed by atoms with Gasteiger partial charge in [-0.3, -0.25) is 14.4 Å². The van der Waals surface area contributed by atoms with Crippen LogP contribution in [0.4, 0.5) is 4.79 Å². The number of nitrogens with one attached hydrogen (secondary N) is 3. The normalized spacial score (nSPS) is 17.8. The molecular formula is C31H42N6O8S. The second-order valence-corrected chi connectivity index (χ2v) is 14.4. The van der Waals surface area contributed by atoms with Gasteiger partial charge >= 0.3 is 12.1 Å². The molecule has 2 atom stereocenters. The maximum atomic E-state index is 13.6. The van der Waals surface area contributed by atoms with Crippen LogP contribution in [0.5, 0.6) is 0 Å². The van der Waals surface area contributed by atoms with Gasteiger partial charge in [0.25, 0.3) is 0 Å². The molecule has 3 amide bonds. The molecule has 1 saturated carbocycles. The molecule has 4 N–H and O–H groups in total. The number of piperidine rings is 1. The smallest absolute Gasteiger partial charge is 0.428 e. The maximum Gasteiger partial charge on any atom is 0.428 e. The summed E-state index contributed by atoms with van der Waals surface area (Å²) in [5.41, 5.74) is 1.67. The second kappa shape index (κ2) is 14.9. The molecule has 2 aromatic rings. The van der Waals surface area contributed by atoms with Crippen molar-refractivity contribution in [3.05, 3.63) is 42.5 Å². The molecule has 46 heavy (non-hydrogen) atoms. The van der Waals surface area contributed by atoms with E-state index >= 15 is 0 Å². The van der Waals surface area contributed by atoms with Crippen LogP contribution in [-0.4, -0.2) is 97.4 Å². The zero-order valence-corrected chi connectivity index (χ0v) is 27.1. The van der Waals surface area contributed by atoms with Gasteiger partial charge < -0.3 is 25.0 Å². The van der Waals surface area contributed by atoms with Crippen molar-refractivity contribution in [3.63, 3.8) is 0 Å². The summed E-state index contributed by atoms with van der Waals surface area (Å²) in [4.78, 5) is 53.0. The molecule has 2 fully saturated rings. The number of hydrazone groups is 1. The zero-order valence-electron chi connectivity index (χ0n) is 26.3. The summed E-state index contributed by atoms with van der Waals surface area (Å²) >= 11 is 0. The Balaban J connectivity index is 1.40. The molecule has 0 radical (unpaired) electrons. The van der Waals surface area contributed by atoms with Gasteiger partial charge in [-0.2, -0.15) is 9.82 Å². The van der Waals surface area contributed by atoms with Crippen LogP contribution in [0.2, 0.25) is 0 Å². The van der Waals surface area contributed by atoms with Gasteiger partial charge in [0.1, 0.15) is 24.5 Å². The molecule has 250 valence electrons. The van der Waals surface area contributed by atoms with E-state index < -0.39 is 58.5 Å². The number of aliphatic carboxylic acids is 1. The quantitative estimate of drug-likeness (QED) is 0.142. The second-order valence-electron chi connectivity index (χ2n) is 12.6. The SMILES string of the molecule is CC(C)(C)OC(=O)NN=CN1CCC[C@@H](CNC(=O)C[C@H](NS(=O)(=O)c2ccc3ccccc3c2)C(=O)N(CC(=O)O)C2CC2)C1. The van der Waals surface area contributed by atoms with Gasteiger partial charge in [0.2, 0.25) is 21.8 Å². The first-order valence-corrected chi connectivity index (χ1v) is 16.7. The number of carboxylic acid groups (broad SMARTS) is 1. The summed E-state index contributed by atoms with van der Waals surface area (Å²) < 4.78 is 34.5. The van der Waals surface area contributed by atoms with E-state index in [1.807, 2.05) is 17.0 Å². The fraction of sp³-hybridized carbons (Fsp3) is 0.516. The van der Waals surface area contributed by atoms with Crippen LogP contribution in [0.1, 0.15) is 52.9 Å². The van der Waals surface area contributed by atoms with Gasteiger partial charge in [0.05, 0.1) is 11.3 Å². The molecule has 1 aliphatic carbocycles. The first-order valence-electron chi connectivity index (χ1n) is 15.3. The largest absolute Gasteiger partial charge is 0.480 e. The van der Waals surface area contributed by atoms with Gasteiger partial charge in [-0.1, -0.05) is 30.3 Å². The van der Waals surface area contributed by atoms with E-state index in [2.05, 4.69) is 20.6 Å². The lowest BCUT2D eigenvalue weighted by Crippen LogP contribution is -2.52. The van der Waals surface area contributed by atoms with Crippen LogP contribution in [0.25, 0.3) is 10.8 Å². The van der Waals surface area contributed by atoms with Gasteiger partial charge in [-0.05, 0) is 75.3 Å². The summed E-state index contributed by atoms with van der Waals surface area (Å²) in [6, 6.07) is 9.95. The van der Waals surface area contributed by atoms with E-state index in [4.69, 9.17) is 4.74 Å². The van der Waals surface area contributed by atoms with E-state index in [1.165, 1.54) is 18.5 Å². The number of carboxylic acids is 1. The number of hydrogen-bond acceptors (Lipinski definition) is 8. The Morgan fingerprint density at radius 1 is 1.11 bits per heavy atom. The Morgan fingerprint density at radius 3 is 2.50 bits per heavy atom. The molecule has 0 aromatic heterocycles. The first kappa shape index (κ1) is 34.6. The number of carbonyl (C=O) groups is 4. The summed E-state index contributed by atoms with van der Waals surface area (Å²) in [6.45, 7) is 6.16. The highest BCUT2D eigenvalue weighted by molar-refractivity contribution is 7.89. The summed E-state index contributed by atoms with van der Waals surface area (Å²) in [5.74, 6) is -2.51. The van der Waals surface area contributed by atoms with E-state index in [0.717, 1.165) is 23.1 Å². The number of hydrogen-bond donors (Lipinski definition) is 4. The number of sulfonamides is 1. The Morgan fingerprint density at radius 2 is 1.83 bits per heavy atom. The molecule has 1 saturated heterocycles. The number of fused-ring (bicyclic) bond motifs is 1. The number of carbonyl (C=O) groups excluding carboxylic acids is 3. The molecule has 0 unspecified atom stereocenters. The van der Waals surface area contributed by atoms with Crippen LogP contribution >= 0.6 is 0 Å². The van der Waals surface area contributed by atoms with Gasteiger partial charge in [-0.15, -0.1) is 0 Å². The molecule has 0 bridgehead atoms. The third-order valence-corrected chi connectivity index (χ3v) is 8.98. The molecule has 2 aromatic carbocycles. The van der Waals surface area contributed by atoms with Crippen molar-refractivity contribution >= 4 is 51.0 Å². The highest BCUT2D eigenvalue weighted by Crippen LogP contribution is 2.28. The number of amides is 3. The van der Waals surface area contributed by atoms with Crippen LogP contribution in [-0.2, 0) is 29.1 Å². The summed E-state index contributed by atoms with van der Waals surface area (Å²) in [5, 5.41) is 17.7. The Kier molecular flexibility index (Phi) is 11.2. The van der Waals surface area contributed by atoms with Gasteiger partial charge in [0, 0.05) is 25.7 Å². The highest BCUT2D eigenvalue weighted by Gasteiger charge is 2.39. The average molecular weight is 659 g/mol. The highest BCUT2D eigenvalue weighted by atomic mass is 32.2. The third-order valence-electron chi connectivity index (χ3n) is 7.51. The van der Waals surface area contributed by atoms with Gasteiger partial charge in [-0.25, -0.2) is 18.6 Å². The zero-order chi connectivity index (χ0) is 33.5.